The Hall–Kier alpha value is -0.510. The van der Waals surface area contributed by atoms with Crippen molar-refractivity contribution in [3.63, 3.8) is 0 Å². The normalized spacial score (nSPS) is 18.2. The fraction of sp³-hybridized carbons (Fsp3) is 0.529. The topological polar surface area (TPSA) is 72.8 Å². The van der Waals surface area contributed by atoms with Crippen LogP contribution in [0.3, 0.4) is 0 Å². The van der Waals surface area contributed by atoms with E-state index in [4.69, 9.17) is 39.5 Å². The molecule has 0 amide bonds. The Balaban J connectivity index is 0.000000151. The number of anilines is 1. The lowest BCUT2D eigenvalue weighted by molar-refractivity contribution is 0.0903. The lowest BCUT2D eigenvalue weighted by Crippen LogP contribution is -2.28. The molecular weight excluding hydrogens is 461 g/mol. The molecule has 2 aromatic heterocycles. The van der Waals surface area contributed by atoms with Crippen LogP contribution in [0.1, 0.15) is 24.2 Å². The molecule has 28 heavy (non-hydrogen) atoms. The van der Waals surface area contributed by atoms with E-state index in [1.165, 1.54) is 4.90 Å². The van der Waals surface area contributed by atoms with Gasteiger partial charge in [0.15, 0.2) is 0 Å². The van der Waals surface area contributed by atoms with Crippen molar-refractivity contribution in [1.29, 1.82) is 0 Å². The van der Waals surface area contributed by atoms with Crippen molar-refractivity contribution in [3.8, 4) is 0 Å². The van der Waals surface area contributed by atoms with E-state index in [0.29, 0.717) is 16.5 Å². The first-order chi connectivity index (χ1) is 13.6. The molecule has 3 aliphatic rings. The molecule has 0 aliphatic carbocycles. The highest BCUT2D eigenvalue weighted by atomic mass is 35.5. The number of aryl methyl sites for hydroxylation is 2. The first-order valence-electron chi connectivity index (χ1n) is 8.98. The predicted molar refractivity (Wildman–Crippen MR) is 115 cm³/mol. The van der Waals surface area contributed by atoms with Gasteiger partial charge in [0.1, 0.15) is 11.0 Å². The number of aromatic nitrogens is 4. The van der Waals surface area contributed by atoms with Gasteiger partial charge in [0.25, 0.3) is 0 Å². The van der Waals surface area contributed by atoms with Crippen molar-refractivity contribution in [3.05, 3.63) is 27.1 Å². The number of hydrogen-bond acceptors (Lipinski definition) is 8. The van der Waals surface area contributed by atoms with Gasteiger partial charge < -0.3 is 10.1 Å². The van der Waals surface area contributed by atoms with Crippen molar-refractivity contribution in [2.24, 2.45) is 0 Å². The van der Waals surface area contributed by atoms with E-state index in [2.05, 4.69) is 25.3 Å². The van der Waals surface area contributed by atoms with Crippen molar-refractivity contribution in [2.45, 2.75) is 41.5 Å². The lowest BCUT2D eigenvalue weighted by Gasteiger charge is -2.24. The molecule has 6 nitrogen and oxygen atoms in total. The minimum Gasteiger partial charge on any atom is -0.381 e. The Kier molecular flexibility index (Phi) is 7.07. The van der Waals surface area contributed by atoms with Gasteiger partial charge in [-0.2, -0.15) is 4.98 Å². The van der Waals surface area contributed by atoms with Gasteiger partial charge in [0.05, 0.1) is 21.2 Å². The Morgan fingerprint density at radius 1 is 0.821 bits per heavy atom. The summed E-state index contributed by atoms with van der Waals surface area (Å²) in [5.41, 5.74) is 2.07. The van der Waals surface area contributed by atoms with Gasteiger partial charge in [-0.05, 0) is 36.0 Å². The second-order valence-electron chi connectivity index (χ2n) is 6.40. The van der Waals surface area contributed by atoms with Crippen molar-refractivity contribution in [2.75, 3.05) is 30.0 Å². The summed E-state index contributed by atoms with van der Waals surface area (Å²) in [6.45, 7) is 1.65. The summed E-state index contributed by atoms with van der Waals surface area (Å²) in [4.78, 5) is 18.7. The molecule has 5 rings (SSSR count). The summed E-state index contributed by atoms with van der Waals surface area (Å²) < 4.78 is 5.35. The van der Waals surface area contributed by atoms with Gasteiger partial charge in [-0.15, -0.1) is 23.5 Å². The average Bonchev–Trinajstić information content (AvgIpc) is 3.32. The van der Waals surface area contributed by atoms with E-state index in [0.717, 1.165) is 72.5 Å². The van der Waals surface area contributed by atoms with Gasteiger partial charge in [0, 0.05) is 43.6 Å². The molecule has 5 heterocycles. The van der Waals surface area contributed by atoms with Crippen LogP contribution in [0.4, 0.5) is 5.82 Å². The second-order valence-corrected chi connectivity index (χ2v) is 9.65. The first-order valence-corrected chi connectivity index (χ1v) is 12.1. The maximum Gasteiger partial charge on any atom is 0.224 e. The summed E-state index contributed by atoms with van der Waals surface area (Å²) >= 11 is 20.9. The maximum atomic E-state index is 5.95. The van der Waals surface area contributed by atoms with Crippen LogP contribution in [0.25, 0.3) is 0 Å². The third-order valence-corrected chi connectivity index (χ3v) is 7.48. The largest absolute Gasteiger partial charge is 0.381 e. The van der Waals surface area contributed by atoms with Crippen LogP contribution < -0.4 is 5.32 Å². The number of rotatable bonds is 2. The Morgan fingerprint density at radius 2 is 1.43 bits per heavy atom. The first kappa shape index (κ1) is 20.8. The van der Waals surface area contributed by atoms with Crippen LogP contribution in [0.15, 0.2) is 9.79 Å². The molecule has 1 fully saturated rings. The Morgan fingerprint density at radius 3 is 2.14 bits per heavy atom. The van der Waals surface area contributed by atoms with E-state index < -0.39 is 0 Å². The van der Waals surface area contributed by atoms with Crippen molar-refractivity contribution < 1.29 is 4.74 Å². The molecule has 0 bridgehead atoms. The summed E-state index contributed by atoms with van der Waals surface area (Å²) in [5.74, 6) is 3.02. The zero-order chi connectivity index (χ0) is 19.5. The summed E-state index contributed by atoms with van der Waals surface area (Å²) in [6.07, 6.45) is 3.99. The third kappa shape index (κ3) is 4.96. The number of halogens is 3. The van der Waals surface area contributed by atoms with Crippen LogP contribution >= 0.6 is 58.3 Å². The smallest absolute Gasteiger partial charge is 0.224 e. The van der Waals surface area contributed by atoms with Crippen molar-refractivity contribution >= 4 is 64.1 Å². The van der Waals surface area contributed by atoms with E-state index >= 15 is 0 Å². The minimum absolute atomic E-state index is 0.247. The fourth-order valence-electron chi connectivity index (χ4n) is 3.17. The van der Waals surface area contributed by atoms with Crippen LogP contribution in [-0.4, -0.2) is 50.7 Å². The van der Waals surface area contributed by atoms with Crippen LogP contribution in [0, 0.1) is 0 Å². The Labute approximate surface area is 186 Å². The van der Waals surface area contributed by atoms with E-state index in [9.17, 15) is 0 Å². The Bertz CT molecular complexity index is 867. The van der Waals surface area contributed by atoms with Gasteiger partial charge >= 0.3 is 0 Å². The SMILES string of the molecule is Clc1nc(Cl)c2c(n1)CCS2.Clc1nc2c(c(NC3CCOCC3)n1)SCC2. The molecule has 3 aliphatic heterocycles. The summed E-state index contributed by atoms with van der Waals surface area (Å²) in [5, 5.41) is 4.57. The minimum atomic E-state index is 0.247. The molecule has 0 atom stereocenters. The molecule has 0 radical (unpaired) electrons. The second kappa shape index (κ2) is 9.53. The number of thioether (sulfide) groups is 2. The summed E-state index contributed by atoms with van der Waals surface area (Å²) in [7, 11) is 0. The molecule has 0 unspecified atom stereocenters. The van der Waals surface area contributed by atoms with E-state index in [1.54, 1.807) is 11.8 Å². The highest BCUT2D eigenvalue weighted by molar-refractivity contribution is 8.00. The van der Waals surface area contributed by atoms with E-state index in [1.807, 2.05) is 11.8 Å². The van der Waals surface area contributed by atoms with E-state index in [-0.39, 0.29) is 5.28 Å². The molecule has 11 heteroatoms. The zero-order valence-electron chi connectivity index (χ0n) is 14.9. The summed E-state index contributed by atoms with van der Waals surface area (Å²) in [6, 6.07) is 0.444. The molecule has 1 saturated heterocycles. The number of ether oxygens (including phenoxy) is 1. The lowest BCUT2D eigenvalue weighted by atomic mass is 10.1. The van der Waals surface area contributed by atoms with Gasteiger partial charge in [-0.1, -0.05) is 11.6 Å². The predicted octanol–water partition coefficient (Wildman–Crippen LogP) is 4.80. The standard InChI is InChI=1S/C11H14ClN3OS.C6H4Cl2N2S/c12-11-14-8-3-6-17-9(8)10(15-11)13-7-1-4-16-5-2-7;7-5-4-3(1-2-11-4)9-6(8)10-5/h7H,1-6H2,(H,13,14,15);1-2H2. The molecule has 2 aromatic rings. The van der Waals surface area contributed by atoms with Crippen molar-refractivity contribution in [1.82, 2.24) is 19.9 Å². The number of hydrogen-bond donors (Lipinski definition) is 1. The molecule has 0 aromatic carbocycles. The fourth-order valence-corrected chi connectivity index (χ4v) is 5.97. The number of nitrogens with one attached hydrogen (secondary N) is 1. The zero-order valence-corrected chi connectivity index (χ0v) is 18.8. The number of fused-ring (bicyclic) bond motifs is 2. The van der Waals surface area contributed by atoms with Gasteiger partial charge in [0.2, 0.25) is 10.6 Å². The van der Waals surface area contributed by atoms with Gasteiger partial charge in [-0.25, -0.2) is 15.0 Å². The van der Waals surface area contributed by atoms with Crippen LogP contribution in [-0.2, 0) is 17.6 Å². The molecule has 150 valence electrons. The maximum absolute atomic E-state index is 5.95. The quantitative estimate of drug-likeness (QED) is 0.487. The highest BCUT2D eigenvalue weighted by Crippen LogP contribution is 2.37. The van der Waals surface area contributed by atoms with Gasteiger partial charge in [-0.3, -0.25) is 0 Å². The monoisotopic (exact) mass is 477 g/mol. The highest BCUT2D eigenvalue weighted by Gasteiger charge is 2.22. The van der Waals surface area contributed by atoms with Crippen LogP contribution in [0.5, 0.6) is 0 Å². The third-order valence-electron chi connectivity index (χ3n) is 4.51. The molecular formula is C17H18Cl3N5OS2. The van der Waals surface area contributed by atoms with Crippen LogP contribution in [0.2, 0.25) is 15.7 Å². The molecule has 0 spiro atoms. The number of nitrogens with zero attached hydrogens (tertiary/aromatic N) is 4. The molecule has 1 N–H and O–H groups in total. The molecule has 0 saturated carbocycles. The average molecular weight is 479 g/mol.